The Morgan fingerprint density at radius 1 is 1.52 bits per heavy atom. The maximum atomic E-state index is 12.6. The molecule has 0 aliphatic carbocycles. The Kier molecular flexibility index (Phi) is 5.00. The molecule has 0 saturated carbocycles. The van der Waals surface area contributed by atoms with E-state index in [1.165, 1.54) is 11.3 Å². The summed E-state index contributed by atoms with van der Waals surface area (Å²) in [5.74, 6) is -0.111. The van der Waals surface area contributed by atoms with Crippen molar-refractivity contribution < 1.29 is 9.59 Å². The van der Waals surface area contributed by atoms with Gasteiger partial charge in [0.15, 0.2) is 5.13 Å². The Bertz CT molecular complexity index is 531. The Morgan fingerprint density at radius 2 is 2.29 bits per heavy atom. The number of nitrogen functional groups attached to an aromatic ring is 1. The van der Waals surface area contributed by atoms with E-state index in [-0.39, 0.29) is 17.6 Å². The molecule has 8 heteroatoms. The van der Waals surface area contributed by atoms with Crippen LogP contribution in [0.15, 0.2) is 0 Å². The number of nitrogens with two attached hydrogens (primary N) is 1. The molecule has 1 saturated heterocycles. The number of aromatic nitrogens is 1. The van der Waals surface area contributed by atoms with Gasteiger partial charge in [0.1, 0.15) is 16.7 Å². The summed E-state index contributed by atoms with van der Waals surface area (Å²) >= 11 is 1.25. The number of thiazole rings is 1. The maximum Gasteiger partial charge on any atom is 0.268 e. The van der Waals surface area contributed by atoms with E-state index in [2.05, 4.69) is 15.6 Å². The molecule has 1 atom stereocenters. The molecule has 1 unspecified atom stereocenters. The summed E-state index contributed by atoms with van der Waals surface area (Å²) in [5.41, 5.74) is 5.85. The second-order valence-corrected chi connectivity index (χ2v) is 5.93. The molecule has 1 fully saturated rings. The summed E-state index contributed by atoms with van der Waals surface area (Å²) < 4.78 is 0. The van der Waals surface area contributed by atoms with Crippen LogP contribution in [0.3, 0.4) is 0 Å². The molecule has 2 amide bonds. The quantitative estimate of drug-likeness (QED) is 0.750. The minimum absolute atomic E-state index is 0.131. The minimum Gasteiger partial charge on any atom is -0.382 e. The zero-order valence-corrected chi connectivity index (χ0v) is 13.1. The zero-order chi connectivity index (χ0) is 15.4. The van der Waals surface area contributed by atoms with Crippen LogP contribution >= 0.6 is 11.3 Å². The van der Waals surface area contributed by atoms with Crippen LogP contribution in [0.2, 0.25) is 0 Å². The van der Waals surface area contributed by atoms with Crippen molar-refractivity contribution in [2.45, 2.75) is 32.2 Å². The van der Waals surface area contributed by atoms with E-state index in [0.717, 1.165) is 19.4 Å². The van der Waals surface area contributed by atoms with Gasteiger partial charge in [-0.3, -0.25) is 9.59 Å². The Balaban J connectivity index is 2.15. The van der Waals surface area contributed by atoms with Crippen LogP contribution in [-0.2, 0) is 4.79 Å². The van der Waals surface area contributed by atoms with Crippen LogP contribution in [-0.4, -0.2) is 47.9 Å². The molecule has 0 aromatic carbocycles. The summed E-state index contributed by atoms with van der Waals surface area (Å²) in [6, 6.07) is -0.406. The molecule has 1 aliphatic rings. The average molecular weight is 311 g/mol. The van der Waals surface area contributed by atoms with E-state index in [4.69, 9.17) is 5.73 Å². The van der Waals surface area contributed by atoms with Gasteiger partial charge in [0, 0.05) is 20.1 Å². The smallest absolute Gasteiger partial charge is 0.268 e. The average Bonchev–Trinajstić information content (AvgIpc) is 3.10. The van der Waals surface area contributed by atoms with Crippen molar-refractivity contribution in [2.24, 2.45) is 0 Å². The second-order valence-electron chi connectivity index (χ2n) is 4.93. The fourth-order valence-electron chi connectivity index (χ4n) is 2.37. The molecule has 7 nitrogen and oxygen atoms in total. The predicted molar refractivity (Wildman–Crippen MR) is 83.4 cm³/mol. The highest BCUT2D eigenvalue weighted by molar-refractivity contribution is 7.18. The van der Waals surface area contributed by atoms with Gasteiger partial charge in [-0.15, -0.1) is 0 Å². The Labute approximate surface area is 127 Å². The molecule has 116 valence electrons. The summed E-state index contributed by atoms with van der Waals surface area (Å²) in [6.07, 6.45) is 2.47. The van der Waals surface area contributed by atoms with Gasteiger partial charge in [-0.1, -0.05) is 18.3 Å². The maximum absolute atomic E-state index is 12.6. The molecule has 1 aliphatic heterocycles. The third-order valence-corrected chi connectivity index (χ3v) is 4.45. The van der Waals surface area contributed by atoms with Crippen molar-refractivity contribution in [3.8, 4) is 0 Å². The topological polar surface area (TPSA) is 100 Å². The van der Waals surface area contributed by atoms with Gasteiger partial charge < -0.3 is 21.3 Å². The highest BCUT2D eigenvalue weighted by Gasteiger charge is 2.35. The van der Waals surface area contributed by atoms with Crippen molar-refractivity contribution in [3.05, 3.63) is 4.88 Å². The standard InChI is InChI=1S/C13H21N5O2S/c1-3-6-16-13-17-10(14)9(21-13)12(20)18-7-4-5-8(18)11(19)15-2/h8H,3-7,14H2,1-2H3,(H,15,19)(H,16,17). The molecule has 0 bridgehead atoms. The van der Waals surface area contributed by atoms with Gasteiger partial charge in [0.25, 0.3) is 5.91 Å². The molecule has 1 aromatic rings. The molecule has 1 aromatic heterocycles. The summed E-state index contributed by atoms with van der Waals surface area (Å²) in [5, 5.41) is 6.37. The number of anilines is 2. The zero-order valence-electron chi connectivity index (χ0n) is 12.3. The molecule has 2 rings (SSSR count). The number of nitrogens with zero attached hydrogens (tertiary/aromatic N) is 2. The number of amides is 2. The van der Waals surface area contributed by atoms with Crippen molar-refractivity contribution in [3.63, 3.8) is 0 Å². The lowest BCUT2D eigenvalue weighted by molar-refractivity contribution is -0.124. The van der Waals surface area contributed by atoms with Crippen LogP contribution in [0, 0.1) is 0 Å². The largest absolute Gasteiger partial charge is 0.382 e. The number of carbonyl (C=O) groups is 2. The van der Waals surface area contributed by atoms with Crippen LogP contribution < -0.4 is 16.4 Å². The number of hydrogen-bond acceptors (Lipinski definition) is 6. The number of nitrogens with one attached hydrogen (secondary N) is 2. The number of likely N-dealkylation sites (N-methyl/N-ethyl adjacent to an activating group) is 1. The highest BCUT2D eigenvalue weighted by atomic mass is 32.1. The Hall–Kier alpha value is -1.83. The predicted octanol–water partition coefficient (Wildman–Crippen LogP) is 0.898. The van der Waals surface area contributed by atoms with Crippen molar-refractivity contribution in [1.82, 2.24) is 15.2 Å². The van der Waals surface area contributed by atoms with E-state index < -0.39 is 6.04 Å². The van der Waals surface area contributed by atoms with E-state index in [0.29, 0.717) is 23.0 Å². The highest BCUT2D eigenvalue weighted by Crippen LogP contribution is 2.29. The lowest BCUT2D eigenvalue weighted by Crippen LogP contribution is -2.44. The first-order valence-electron chi connectivity index (χ1n) is 7.11. The minimum atomic E-state index is -0.406. The van der Waals surface area contributed by atoms with Crippen LogP contribution in [0.4, 0.5) is 10.9 Å². The molecular formula is C13H21N5O2S. The fraction of sp³-hybridized carbons (Fsp3) is 0.615. The number of hydrogen-bond donors (Lipinski definition) is 3. The number of likely N-dealkylation sites (tertiary alicyclic amines) is 1. The summed E-state index contributed by atoms with van der Waals surface area (Å²) in [4.78, 5) is 30.6. The first-order chi connectivity index (χ1) is 10.1. The summed E-state index contributed by atoms with van der Waals surface area (Å²) in [7, 11) is 1.58. The third kappa shape index (κ3) is 3.26. The normalized spacial score (nSPS) is 17.8. The first-order valence-corrected chi connectivity index (χ1v) is 7.92. The molecule has 0 radical (unpaired) electrons. The third-order valence-electron chi connectivity index (χ3n) is 3.44. The molecule has 21 heavy (non-hydrogen) atoms. The lowest BCUT2D eigenvalue weighted by Gasteiger charge is -2.22. The lowest BCUT2D eigenvalue weighted by atomic mass is 10.2. The van der Waals surface area contributed by atoms with Gasteiger partial charge >= 0.3 is 0 Å². The van der Waals surface area contributed by atoms with E-state index >= 15 is 0 Å². The number of carbonyl (C=O) groups excluding carboxylic acids is 2. The molecule has 0 spiro atoms. The molecule has 2 heterocycles. The molecule has 4 N–H and O–H groups in total. The second kappa shape index (κ2) is 6.75. The van der Waals surface area contributed by atoms with Gasteiger partial charge in [-0.05, 0) is 19.3 Å². The van der Waals surface area contributed by atoms with Gasteiger partial charge in [-0.2, -0.15) is 0 Å². The monoisotopic (exact) mass is 311 g/mol. The van der Waals surface area contributed by atoms with Crippen molar-refractivity contribution >= 4 is 34.1 Å². The van der Waals surface area contributed by atoms with Gasteiger partial charge in [-0.25, -0.2) is 4.98 Å². The summed E-state index contributed by atoms with van der Waals surface area (Å²) in [6.45, 7) is 3.41. The van der Waals surface area contributed by atoms with Crippen LogP contribution in [0.25, 0.3) is 0 Å². The SMILES string of the molecule is CCCNc1nc(N)c(C(=O)N2CCCC2C(=O)NC)s1. The number of rotatable bonds is 5. The van der Waals surface area contributed by atoms with Crippen molar-refractivity contribution in [2.75, 3.05) is 31.2 Å². The van der Waals surface area contributed by atoms with Gasteiger partial charge in [0.05, 0.1) is 0 Å². The van der Waals surface area contributed by atoms with Crippen LogP contribution in [0.1, 0.15) is 35.9 Å². The van der Waals surface area contributed by atoms with E-state index in [9.17, 15) is 9.59 Å². The Morgan fingerprint density at radius 3 is 2.95 bits per heavy atom. The van der Waals surface area contributed by atoms with Gasteiger partial charge in [0.2, 0.25) is 5.91 Å². The molecular weight excluding hydrogens is 290 g/mol. The van der Waals surface area contributed by atoms with E-state index in [1.807, 2.05) is 6.92 Å². The fourth-order valence-corrected chi connectivity index (χ4v) is 3.24. The van der Waals surface area contributed by atoms with E-state index in [1.54, 1.807) is 11.9 Å². The first kappa shape index (κ1) is 15.6. The van der Waals surface area contributed by atoms with Crippen LogP contribution in [0.5, 0.6) is 0 Å². The van der Waals surface area contributed by atoms with Crippen molar-refractivity contribution in [1.29, 1.82) is 0 Å².